The van der Waals surface area contributed by atoms with Gasteiger partial charge >= 0.3 is 0 Å². The Balaban J connectivity index is 2.25. The van der Waals surface area contributed by atoms with E-state index in [1.165, 1.54) is 6.92 Å². The van der Waals surface area contributed by atoms with Gasteiger partial charge < -0.3 is 10.5 Å². The average molecular weight is 242 g/mol. The third kappa shape index (κ3) is 2.66. The number of hydrogen-bond donors (Lipinski definition) is 1. The number of pyridine rings is 1. The molecule has 4 nitrogen and oxygen atoms in total. The molecule has 0 aliphatic carbocycles. The Morgan fingerprint density at radius 3 is 2.61 bits per heavy atom. The third-order valence-corrected chi connectivity index (χ3v) is 2.57. The van der Waals surface area contributed by atoms with Crippen LogP contribution in [0.5, 0.6) is 11.5 Å². The van der Waals surface area contributed by atoms with Crippen LogP contribution in [0.4, 0.5) is 5.69 Å². The molecule has 0 saturated carbocycles. The van der Waals surface area contributed by atoms with Crippen LogP contribution in [-0.2, 0) is 0 Å². The molecule has 0 aliphatic rings. The van der Waals surface area contributed by atoms with Crippen molar-refractivity contribution < 1.29 is 9.53 Å². The molecule has 2 N–H and O–H groups in total. The summed E-state index contributed by atoms with van der Waals surface area (Å²) in [5.41, 5.74) is 7.80. The lowest BCUT2D eigenvalue weighted by molar-refractivity contribution is 0.101. The normalized spacial score (nSPS) is 10.1. The molecule has 0 bridgehead atoms. The molecule has 2 aromatic rings. The number of aromatic nitrogens is 1. The quantitative estimate of drug-likeness (QED) is 0.663. The first-order valence-electron chi connectivity index (χ1n) is 5.57. The van der Waals surface area contributed by atoms with Crippen LogP contribution in [0.1, 0.15) is 23.0 Å². The maximum absolute atomic E-state index is 11.2. The van der Waals surface area contributed by atoms with Crippen LogP contribution in [0.2, 0.25) is 0 Å². The third-order valence-electron chi connectivity index (χ3n) is 2.57. The number of Topliss-reactive ketones (excluding diaryl/α,β-unsaturated/α-hetero) is 1. The first-order chi connectivity index (χ1) is 8.56. The molecule has 0 atom stereocenters. The molecular formula is C14H14N2O2. The van der Waals surface area contributed by atoms with Crippen LogP contribution < -0.4 is 10.5 Å². The van der Waals surface area contributed by atoms with Gasteiger partial charge in [0.15, 0.2) is 5.78 Å². The number of ether oxygens (including phenoxy) is 1. The number of rotatable bonds is 3. The number of aryl methyl sites for hydroxylation is 1. The van der Waals surface area contributed by atoms with Crippen LogP contribution in [-0.4, -0.2) is 10.8 Å². The summed E-state index contributed by atoms with van der Waals surface area (Å²) in [6.45, 7) is 3.38. The number of benzene rings is 1. The fourth-order valence-electron chi connectivity index (χ4n) is 1.51. The minimum absolute atomic E-state index is 0.0889. The SMILES string of the molecule is CC(=O)c1cc(Oc2ccc(N)c(C)c2)ccn1. The maximum atomic E-state index is 11.2. The topological polar surface area (TPSA) is 65.2 Å². The summed E-state index contributed by atoms with van der Waals surface area (Å²) in [7, 11) is 0. The van der Waals surface area contributed by atoms with Crippen molar-refractivity contribution in [3.63, 3.8) is 0 Å². The molecule has 0 saturated heterocycles. The molecule has 18 heavy (non-hydrogen) atoms. The highest BCUT2D eigenvalue weighted by molar-refractivity contribution is 5.92. The Hall–Kier alpha value is -2.36. The minimum atomic E-state index is -0.0889. The number of hydrogen-bond acceptors (Lipinski definition) is 4. The number of carbonyl (C=O) groups is 1. The van der Waals surface area contributed by atoms with Gasteiger partial charge in [0.25, 0.3) is 0 Å². The molecule has 0 fully saturated rings. The molecule has 2 rings (SSSR count). The molecule has 0 amide bonds. The van der Waals surface area contributed by atoms with Gasteiger partial charge in [-0.25, -0.2) is 0 Å². The zero-order chi connectivity index (χ0) is 13.1. The highest BCUT2D eigenvalue weighted by Crippen LogP contribution is 2.24. The number of nitrogens with zero attached hydrogens (tertiary/aromatic N) is 1. The van der Waals surface area contributed by atoms with Crippen LogP contribution >= 0.6 is 0 Å². The molecule has 92 valence electrons. The monoisotopic (exact) mass is 242 g/mol. The van der Waals surface area contributed by atoms with E-state index in [0.717, 1.165) is 11.3 Å². The Labute approximate surface area is 105 Å². The number of ketones is 1. The van der Waals surface area contributed by atoms with E-state index < -0.39 is 0 Å². The van der Waals surface area contributed by atoms with Gasteiger partial charge in [-0.1, -0.05) is 0 Å². The Bertz CT molecular complexity index is 594. The van der Waals surface area contributed by atoms with Crippen molar-refractivity contribution in [3.8, 4) is 11.5 Å². The smallest absolute Gasteiger partial charge is 0.178 e. The standard InChI is InChI=1S/C14H14N2O2/c1-9-7-11(3-4-13(9)15)18-12-5-6-16-14(8-12)10(2)17/h3-8H,15H2,1-2H3. The molecule has 1 aromatic carbocycles. The predicted octanol–water partition coefficient (Wildman–Crippen LogP) is 2.97. The van der Waals surface area contributed by atoms with Gasteiger partial charge in [-0.3, -0.25) is 9.78 Å². The Morgan fingerprint density at radius 1 is 1.22 bits per heavy atom. The summed E-state index contributed by atoms with van der Waals surface area (Å²) in [6.07, 6.45) is 1.55. The zero-order valence-corrected chi connectivity index (χ0v) is 10.3. The van der Waals surface area contributed by atoms with E-state index in [4.69, 9.17) is 10.5 Å². The number of nitrogen functional groups attached to an aromatic ring is 1. The van der Waals surface area contributed by atoms with Gasteiger partial charge in [-0.05, 0) is 36.8 Å². The van der Waals surface area contributed by atoms with E-state index in [9.17, 15) is 4.79 Å². The first-order valence-corrected chi connectivity index (χ1v) is 5.57. The summed E-state index contributed by atoms with van der Waals surface area (Å²) >= 11 is 0. The van der Waals surface area contributed by atoms with E-state index in [1.54, 1.807) is 30.5 Å². The van der Waals surface area contributed by atoms with E-state index in [0.29, 0.717) is 17.2 Å². The van der Waals surface area contributed by atoms with Crippen LogP contribution in [0.25, 0.3) is 0 Å². The van der Waals surface area contributed by atoms with Crippen molar-refractivity contribution in [2.75, 3.05) is 5.73 Å². The van der Waals surface area contributed by atoms with Crippen molar-refractivity contribution in [2.24, 2.45) is 0 Å². The highest BCUT2D eigenvalue weighted by Gasteiger charge is 2.04. The molecule has 1 heterocycles. The molecule has 0 spiro atoms. The Kier molecular flexibility index (Phi) is 3.28. The van der Waals surface area contributed by atoms with E-state index in [1.807, 2.05) is 13.0 Å². The summed E-state index contributed by atoms with van der Waals surface area (Å²) in [5.74, 6) is 1.18. The fraction of sp³-hybridized carbons (Fsp3) is 0.143. The van der Waals surface area contributed by atoms with Gasteiger partial charge in [0, 0.05) is 24.9 Å². The largest absolute Gasteiger partial charge is 0.457 e. The number of nitrogens with two attached hydrogens (primary N) is 1. The molecule has 1 aromatic heterocycles. The zero-order valence-electron chi connectivity index (χ0n) is 10.3. The van der Waals surface area contributed by atoms with Gasteiger partial charge in [0.1, 0.15) is 17.2 Å². The summed E-state index contributed by atoms with van der Waals surface area (Å²) in [4.78, 5) is 15.2. The number of carbonyl (C=O) groups excluding carboxylic acids is 1. The molecule has 0 unspecified atom stereocenters. The van der Waals surface area contributed by atoms with E-state index in [-0.39, 0.29) is 5.78 Å². The van der Waals surface area contributed by atoms with Gasteiger partial charge in [-0.15, -0.1) is 0 Å². The second-order valence-corrected chi connectivity index (χ2v) is 4.05. The second-order valence-electron chi connectivity index (χ2n) is 4.05. The maximum Gasteiger partial charge on any atom is 0.178 e. The highest BCUT2D eigenvalue weighted by atomic mass is 16.5. The van der Waals surface area contributed by atoms with E-state index >= 15 is 0 Å². The van der Waals surface area contributed by atoms with Crippen LogP contribution in [0.15, 0.2) is 36.5 Å². The van der Waals surface area contributed by atoms with Crippen LogP contribution in [0, 0.1) is 6.92 Å². The van der Waals surface area contributed by atoms with Gasteiger partial charge in [0.2, 0.25) is 0 Å². The van der Waals surface area contributed by atoms with Gasteiger partial charge in [-0.2, -0.15) is 0 Å². The average Bonchev–Trinajstić information content (AvgIpc) is 2.34. The first kappa shape index (κ1) is 12.1. The second kappa shape index (κ2) is 4.87. The molecule has 0 aliphatic heterocycles. The summed E-state index contributed by atoms with van der Waals surface area (Å²) < 4.78 is 5.66. The molecule has 4 heteroatoms. The molecule has 0 radical (unpaired) electrons. The van der Waals surface area contributed by atoms with Gasteiger partial charge in [0.05, 0.1) is 0 Å². The predicted molar refractivity (Wildman–Crippen MR) is 69.9 cm³/mol. The van der Waals surface area contributed by atoms with Crippen molar-refractivity contribution in [2.45, 2.75) is 13.8 Å². The lowest BCUT2D eigenvalue weighted by atomic mass is 10.2. The lowest BCUT2D eigenvalue weighted by Gasteiger charge is -2.08. The summed E-state index contributed by atoms with van der Waals surface area (Å²) in [5, 5.41) is 0. The minimum Gasteiger partial charge on any atom is -0.457 e. The van der Waals surface area contributed by atoms with Crippen molar-refractivity contribution in [1.82, 2.24) is 4.98 Å². The van der Waals surface area contributed by atoms with Crippen LogP contribution in [0.3, 0.4) is 0 Å². The molecular weight excluding hydrogens is 228 g/mol. The fourth-order valence-corrected chi connectivity index (χ4v) is 1.51. The Morgan fingerprint density at radius 2 is 1.94 bits per heavy atom. The van der Waals surface area contributed by atoms with Crippen molar-refractivity contribution in [1.29, 1.82) is 0 Å². The summed E-state index contributed by atoms with van der Waals surface area (Å²) in [6, 6.07) is 8.75. The van der Waals surface area contributed by atoms with Crippen molar-refractivity contribution >= 4 is 11.5 Å². The van der Waals surface area contributed by atoms with E-state index in [2.05, 4.69) is 4.98 Å². The lowest BCUT2D eigenvalue weighted by Crippen LogP contribution is -1.97. The van der Waals surface area contributed by atoms with Crippen molar-refractivity contribution in [3.05, 3.63) is 47.8 Å². The number of anilines is 1.